The van der Waals surface area contributed by atoms with E-state index < -0.39 is 0 Å². The van der Waals surface area contributed by atoms with Crippen molar-refractivity contribution in [3.8, 4) is 5.75 Å². The van der Waals surface area contributed by atoms with E-state index in [1.165, 1.54) is 5.56 Å². The molecule has 0 fully saturated rings. The third-order valence-electron chi connectivity index (χ3n) is 1.34. The first-order chi connectivity index (χ1) is 6.86. The number of hydrogen-bond acceptors (Lipinski definition) is 2. The maximum absolute atomic E-state index is 4.99. The van der Waals surface area contributed by atoms with E-state index in [0.29, 0.717) is 0 Å². The number of ether oxygens (including phenoxy) is 1. The molecule has 0 radical (unpaired) electrons. The van der Waals surface area contributed by atoms with Crippen LogP contribution in [0.15, 0.2) is 24.3 Å². The molecule has 0 aliphatic rings. The highest BCUT2D eigenvalue weighted by Gasteiger charge is 1.89. The quantitative estimate of drug-likeness (QED) is 0.727. The molecule has 0 amide bonds. The first-order valence-electron chi connectivity index (χ1n) is 5.10. The van der Waals surface area contributed by atoms with E-state index in [-0.39, 0.29) is 0 Å². The van der Waals surface area contributed by atoms with Crippen LogP contribution in [-0.4, -0.2) is 7.11 Å². The van der Waals surface area contributed by atoms with Crippen LogP contribution in [0, 0.1) is 0 Å². The van der Waals surface area contributed by atoms with Crippen LogP contribution in [0.25, 0.3) is 0 Å². The molecule has 1 nitrogen and oxygen atoms in total. The molecule has 0 spiro atoms. The Hall–Kier alpha value is -0.630. The molecule has 0 unspecified atom stereocenters. The van der Waals surface area contributed by atoms with Crippen molar-refractivity contribution in [2.45, 2.75) is 33.4 Å². The second-order valence-electron chi connectivity index (χ2n) is 2.01. The van der Waals surface area contributed by atoms with Gasteiger partial charge in [0, 0.05) is 5.75 Å². The monoisotopic (exact) mass is 214 g/mol. The van der Waals surface area contributed by atoms with Gasteiger partial charge in [-0.3, -0.25) is 0 Å². The van der Waals surface area contributed by atoms with Crippen molar-refractivity contribution in [1.82, 2.24) is 0 Å². The fourth-order valence-corrected chi connectivity index (χ4v) is 0.942. The van der Waals surface area contributed by atoms with E-state index in [1.807, 2.05) is 52.0 Å². The lowest BCUT2D eigenvalue weighted by Crippen LogP contribution is -1.82. The average Bonchev–Trinajstić information content (AvgIpc) is 2.34. The Kier molecular flexibility index (Phi) is 14.0. The van der Waals surface area contributed by atoms with Gasteiger partial charge in [0.2, 0.25) is 0 Å². The van der Waals surface area contributed by atoms with Crippen LogP contribution in [0.1, 0.15) is 33.3 Å². The summed E-state index contributed by atoms with van der Waals surface area (Å²) in [7, 11) is 1.66. The Morgan fingerprint density at radius 1 is 1.00 bits per heavy atom. The standard InChI is InChI=1S/C8H10OS.2C2H6/c1-9-8-4-2-7(6-10)3-5-8;2*1-2/h2-5,10H,6H2,1H3;2*1-2H3. The zero-order valence-corrected chi connectivity index (χ0v) is 10.8. The lowest BCUT2D eigenvalue weighted by atomic mass is 10.2. The summed E-state index contributed by atoms with van der Waals surface area (Å²) in [5.41, 5.74) is 1.21. The number of benzene rings is 1. The van der Waals surface area contributed by atoms with E-state index in [0.717, 1.165) is 11.5 Å². The van der Waals surface area contributed by atoms with Crippen molar-refractivity contribution >= 4 is 12.6 Å². The molecule has 0 aliphatic carbocycles. The van der Waals surface area contributed by atoms with Gasteiger partial charge in [0.25, 0.3) is 0 Å². The van der Waals surface area contributed by atoms with E-state index in [4.69, 9.17) is 4.74 Å². The van der Waals surface area contributed by atoms with Gasteiger partial charge >= 0.3 is 0 Å². The molecular weight excluding hydrogens is 192 g/mol. The molecular formula is C12H22OS. The predicted octanol–water partition coefficient (Wildman–Crippen LogP) is 4.18. The first-order valence-corrected chi connectivity index (χ1v) is 5.74. The Bertz CT molecular complexity index is 171. The molecule has 0 aliphatic heterocycles. The molecule has 2 heteroatoms. The molecule has 0 saturated heterocycles. The van der Waals surface area contributed by atoms with Gasteiger partial charge in [0.15, 0.2) is 0 Å². The van der Waals surface area contributed by atoms with Gasteiger partial charge in [-0.2, -0.15) is 12.6 Å². The highest BCUT2D eigenvalue weighted by Crippen LogP contribution is 2.11. The van der Waals surface area contributed by atoms with E-state index >= 15 is 0 Å². The third-order valence-corrected chi connectivity index (χ3v) is 1.71. The Morgan fingerprint density at radius 3 is 1.71 bits per heavy atom. The largest absolute Gasteiger partial charge is 0.497 e. The number of rotatable bonds is 2. The highest BCUT2D eigenvalue weighted by molar-refractivity contribution is 7.79. The van der Waals surface area contributed by atoms with Gasteiger partial charge in [0.1, 0.15) is 5.75 Å². The minimum Gasteiger partial charge on any atom is -0.497 e. The Labute approximate surface area is 93.9 Å². The normalized spacial score (nSPS) is 7.57. The van der Waals surface area contributed by atoms with Crippen LogP contribution in [0.5, 0.6) is 5.75 Å². The van der Waals surface area contributed by atoms with Gasteiger partial charge in [-0.1, -0.05) is 39.8 Å². The summed E-state index contributed by atoms with van der Waals surface area (Å²) in [6.45, 7) is 8.00. The second-order valence-corrected chi connectivity index (χ2v) is 2.32. The fraction of sp³-hybridized carbons (Fsp3) is 0.500. The van der Waals surface area contributed by atoms with Crippen LogP contribution in [0.3, 0.4) is 0 Å². The van der Waals surface area contributed by atoms with Crippen molar-refractivity contribution < 1.29 is 4.74 Å². The first kappa shape index (κ1) is 15.8. The molecule has 1 aromatic carbocycles. The van der Waals surface area contributed by atoms with Crippen molar-refractivity contribution in [2.24, 2.45) is 0 Å². The minimum absolute atomic E-state index is 0.782. The SMILES string of the molecule is CC.CC.COc1ccc(CS)cc1. The average molecular weight is 214 g/mol. The molecule has 0 heterocycles. The van der Waals surface area contributed by atoms with Crippen LogP contribution in [0.4, 0.5) is 0 Å². The topological polar surface area (TPSA) is 9.23 Å². The molecule has 0 N–H and O–H groups in total. The zero-order valence-electron chi connectivity index (χ0n) is 9.87. The maximum atomic E-state index is 4.99. The fourth-order valence-electron chi connectivity index (χ4n) is 0.731. The smallest absolute Gasteiger partial charge is 0.118 e. The number of hydrogen-bond donors (Lipinski definition) is 1. The van der Waals surface area contributed by atoms with Crippen LogP contribution in [-0.2, 0) is 5.75 Å². The molecule has 14 heavy (non-hydrogen) atoms. The van der Waals surface area contributed by atoms with Crippen LogP contribution in [0.2, 0.25) is 0 Å². The molecule has 0 atom stereocenters. The molecule has 0 aromatic heterocycles. The van der Waals surface area contributed by atoms with Gasteiger partial charge in [-0.05, 0) is 17.7 Å². The third kappa shape index (κ3) is 6.84. The lowest BCUT2D eigenvalue weighted by Gasteiger charge is -1.99. The Morgan fingerprint density at radius 2 is 1.43 bits per heavy atom. The zero-order chi connectivity index (χ0) is 11.4. The summed E-state index contributed by atoms with van der Waals surface area (Å²) in [6.07, 6.45) is 0. The van der Waals surface area contributed by atoms with E-state index in [9.17, 15) is 0 Å². The summed E-state index contributed by atoms with van der Waals surface area (Å²) in [5, 5.41) is 0. The molecule has 1 rings (SSSR count). The minimum atomic E-state index is 0.782. The lowest BCUT2D eigenvalue weighted by molar-refractivity contribution is 0.414. The van der Waals surface area contributed by atoms with Crippen LogP contribution >= 0.6 is 12.6 Å². The van der Waals surface area contributed by atoms with Crippen molar-refractivity contribution in [1.29, 1.82) is 0 Å². The Balaban J connectivity index is 0. The van der Waals surface area contributed by atoms with Gasteiger partial charge < -0.3 is 4.74 Å². The number of methoxy groups -OCH3 is 1. The van der Waals surface area contributed by atoms with E-state index in [1.54, 1.807) is 7.11 Å². The van der Waals surface area contributed by atoms with Crippen LogP contribution < -0.4 is 4.74 Å². The van der Waals surface area contributed by atoms with Crippen molar-refractivity contribution in [3.63, 3.8) is 0 Å². The van der Waals surface area contributed by atoms with Gasteiger partial charge in [-0.15, -0.1) is 0 Å². The summed E-state index contributed by atoms with van der Waals surface area (Å²) in [5.74, 6) is 1.68. The molecule has 1 aromatic rings. The molecule has 0 saturated carbocycles. The summed E-state index contributed by atoms with van der Waals surface area (Å²) >= 11 is 4.13. The molecule has 82 valence electrons. The number of thiol groups is 1. The summed E-state index contributed by atoms with van der Waals surface area (Å²) in [4.78, 5) is 0. The van der Waals surface area contributed by atoms with Crippen molar-refractivity contribution in [3.05, 3.63) is 29.8 Å². The molecule has 0 bridgehead atoms. The summed E-state index contributed by atoms with van der Waals surface area (Å²) < 4.78 is 4.99. The van der Waals surface area contributed by atoms with Crippen molar-refractivity contribution in [2.75, 3.05) is 7.11 Å². The maximum Gasteiger partial charge on any atom is 0.118 e. The van der Waals surface area contributed by atoms with Gasteiger partial charge in [0.05, 0.1) is 7.11 Å². The highest BCUT2D eigenvalue weighted by atomic mass is 32.1. The second kappa shape index (κ2) is 12.4. The summed E-state index contributed by atoms with van der Waals surface area (Å²) in [6, 6.07) is 7.88. The predicted molar refractivity (Wildman–Crippen MR) is 68.4 cm³/mol. The van der Waals surface area contributed by atoms with Gasteiger partial charge in [-0.25, -0.2) is 0 Å². The van der Waals surface area contributed by atoms with E-state index in [2.05, 4.69) is 12.6 Å².